The number of carbonyl (C=O) groups excluding carboxylic acids is 3. The molecule has 1 rings (SSSR count). The molecule has 0 saturated carbocycles. The maximum absolute atomic E-state index is 12.6. The molecule has 2 unspecified atom stereocenters. The number of hydrogen-bond donors (Lipinski definition) is 0. The molecule has 8 heteroatoms. The first-order chi connectivity index (χ1) is 11.6. The van der Waals surface area contributed by atoms with Gasteiger partial charge in [-0.1, -0.05) is 20.8 Å². The highest BCUT2D eigenvalue weighted by atomic mass is 28.4. The van der Waals surface area contributed by atoms with Gasteiger partial charge in [-0.05, 0) is 45.3 Å². The summed E-state index contributed by atoms with van der Waals surface area (Å²) in [5, 5.41) is -0.0357. The second-order valence-electron chi connectivity index (χ2n) is 9.24. The lowest BCUT2D eigenvalue weighted by Crippen LogP contribution is -2.57. The second-order valence-corrected chi connectivity index (χ2v) is 14.0. The number of nitrogens with zero attached hydrogens (tertiary/aromatic N) is 1. The number of esters is 1. The van der Waals surface area contributed by atoms with Crippen molar-refractivity contribution < 1.29 is 28.3 Å². The van der Waals surface area contributed by atoms with Crippen LogP contribution in [0.15, 0.2) is 0 Å². The Labute approximate surface area is 157 Å². The predicted molar refractivity (Wildman–Crippen MR) is 100 cm³/mol. The summed E-state index contributed by atoms with van der Waals surface area (Å²) in [7, 11) is -0.914. The van der Waals surface area contributed by atoms with Crippen LogP contribution >= 0.6 is 0 Å². The zero-order valence-electron chi connectivity index (χ0n) is 17.5. The first-order valence-electron chi connectivity index (χ1n) is 8.89. The molecule has 0 bridgehead atoms. The fourth-order valence-electron chi connectivity index (χ4n) is 2.42. The lowest BCUT2D eigenvalue weighted by molar-refractivity contribution is -0.158. The van der Waals surface area contributed by atoms with Gasteiger partial charge in [-0.2, -0.15) is 0 Å². The van der Waals surface area contributed by atoms with Crippen LogP contribution in [0.2, 0.25) is 18.1 Å². The summed E-state index contributed by atoms with van der Waals surface area (Å²) in [5.41, 5.74) is -0.745. The van der Waals surface area contributed by atoms with E-state index in [1.54, 1.807) is 20.8 Å². The fraction of sp³-hybridized carbons (Fsp3) is 0.833. The van der Waals surface area contributed by atoms with Gasteiger partial charge in [0.05, 0.1) is 19.8 Å². The molecule has 1 aliphatic heterocycles. The molecule has 26 heavy (non-hydrogen) atoms. The highest BCUT2D eigenvalue weighted by molar-refractivity contribution is 6.74. The summed E-state index contributed by atoms with van der Waals surface area (Å²) in [4.78, 5) is 38.2. The van der Waals surface area contributed by atoms with Gasteiger partial charge in [-0.25, -0.2) is 9.69 Å². The Hall–Kier alpha value is -1.41. The standard InChI is InChI=1S/C18H33NO6Si/c1-17(2,3)24-16(22)19-11-12(25-26(8,9)18(4,5)6)10-13(14(19)20)15(21)23-7/h12-13H,10-11H2,1-9H3. The Bertz CT molecular complexity index is 561. The van der Waals surface area contributed by atoms with Crippen molar-refractivity contribution in [2.45, 2.75) is 77.8 Å². The molecule has 7 nitrogen and oxygen atoms in total. The summed E-state index contributed by atoms with van der Waals surface area (Å²) in [6.07, 6.45) is -0.984. The number of ether oxygens (including phenoxy) is 2. The summed E-state index contributed by atoms with van der Waals surface area (Å²) < 4.78 is 16.4. The highest BCUT2D eigenvalue weighted by Gasteiger charge is 2.47. The second kappa shape index (κ2) is 7.68. The van der Waals surface area contributed by atoms with Crippen LogP contribution in [-0.2, 0) is 23.5 Å². The van der Waals surface area contributed by atoms with Crippen molar-refractivity contribution in [3.05, 3.63) is 0 Å². The van der Waals surface area contributed by atoms with Gasteiger partial charge in [0.2, 0.25) is 5.91 Å². The Kier molecular flexibility index (Phi) is 6.68. The third kappa shape index (κ3) is 5.54. The number of piperidine rings is 1. The number of methoxy groups -OCH3 is 1. The molecule has 0 aromatic heterocycles. The normalized spacial score (nSPS) is 22.2. The highest BCUT2D eigenvalue weighted by Crippen LogP contribution is 2.39. The van der Waals surface area contributed by atoms with Crippen LogP contribution in [0.1, 0.15) is 48.0 Å². The van der Waals surface area contributed by atoms with Crippen molar-refractivity contribution in [3.63, 3.8) is 0 Å². The monoisotopic (exact) mass is 387 g/mol. The first-order valence-corrected chi connectivity index (χ1v) is 11.8. The minimum absolute atomic E-state index is 0.0357. The number of imide groups is 1. The van der Waals surface area contributed by atoms with Crippen molar-refractivity contribution >= 4 is 26.3 Å². The third-order valence-corrected chi connectivity index (χ3v) is 9.35. The maximum Gasteiger partial charge on any atom is 0.417 e. The quantitative estimate of drug-likeness (QED) is 0.420. The Morgan fingerprint density at radius 3 is 2.08 bits per heavy atom. The van der Waals surface area contributed by atoms with Crippen molar-refractivity contribution in [1.29, 1.82) is 0 Å². The molecule has 1 saturated heterocycles. The van der Waals surface area contributed by atoms with E-state index in [2.05, 4.69) is 33.9 Å². The number of rotatable bonds is 3. The van der Waals surface area contributed by atoms with Gasteiger partial charge >= 0.3 is 12.1 Å². The van der Waals surface area contributed by atoms with E-state index < -0.39 is 43.9 Å². The topological polar surface area (TPSA) is 82.1 Å². The zero-order chi connectivity index (χ0) is 20.5. The molecular formula is C18H33NO6Si. The van der Waals surface area contributed by atoms with E-state index in [0.29, 0.717) is 0 Å². The van der Waals surface area contributed by atoms with Crippen molar-refractivity contribution in [2.75, 3.05) is 13.7 Å². The van der Waals surface area contributed by atoms with Crippen molar-refractivity contribution in [2.24, 2.45) is 5.92 Å². The van der Waals surface area contributed by atoms with Gasteiger partial charge in [0.1, 0.15) is 11.5 Å². The van der Waals surface area contributed by atoms with Crippen LogP contribution in [-0.4, -0.2) is 56.5 Å². The Morgan fingerprint density at radius 2 is 1.65 bits per heavy atom. The van der Waals surface area contributed by atoms with Crippen LogP contribution in [0.3, 0.4) is 0 Å². The Balaban J connectivity index is 3.09. The number of carbonyl (C=O) groups is 3. The van der Waals surface area contributed by atoms with Gasteiger partial charge in [-0.15, -0.1) is 0 Å². The maximum atomic E-state index is 12.6. The zero-order valence-corrected chi connectivity index (χ0v) is 18.5. The third-order valence-electron chi connectivity index (χ3n) is 4.82. The van der Waals surface area contributed by atoms with Crippen LogP contribution in [0.5, 0.6) is 0 Å². The van der Waals surface area contributed by atoms with Gasteiger partial charge in [0.15, 0.2) is 8.32 Å². The molecule has 1 fully saturated rings. The smallest absolute Gasteiger partial charge is 0.417 e. The summed E-state index contributed by atoms with van der Waals surface area (Å²) in [6.45, 7) is 15.8. The average molecular weight is 388 g/mol. The number of amides is 2. The molecule has 0 aliphatic carbocycles. The molecule has 2 atom stereocenters. The molecule has 0 aromatic rings. The van der Waals surface area contributed by atoms with E-state index in [1.807, 2.05) is 0 Å². The minimum atomic E-state index is -2.14. The van der Waals surface area contributed by atoms with Crippen LogP contribution < -0.4 is 0 Å². The van der Waals surface area contributed by atoms with Crippen molar-refractivity contribution in [1.82, 2.24) is 4.90 Å². The van der Waals surface area contributed by atoms with Gasteiger partial charge < -0.3 is 13.9 Å². The number of likely N-dealkylation sites (tertiary alicyclic amines) is 1. The van der Waals surface area contributed by atoms with Crippen molar-refractivity contribution in [3.8, 4) is 0 Å². The molecule has 2 amide bonds. The van der Waals surface area contributed by atoms with Gasteiger partial charge in [0, 0.05) is 0 Å². The first kappa shape index (κ1) is 22.6. The van der Waals surface area contributed by atoms with E-state index in [1.165, 1.54) is 7.11 Å². The predicted octanol–water partition coefficient (Wildman–Crippen LogP) is 3.33. The lowest BCUT2D eigenvalue weighted by Gasteiger charge is -2.43. The summed E-state index contributed by atoms with van der Waals surface area (Å²) in [5.74, 6) is -2.32. The molecule has 0 spiro atoms. The van der Waals surface area contributed by atoms with Crippen LogP contribution in [0, 0.1) is 5.92 Å². The average Bonchev–Trinajstić information content (AvgIpc) is 2.44. The van der Waals surface area contributed by atoms with E-state index in [-0.39, 0.29) is 18.0 Å². The number of hydrogen-bond acceptors (Lipinski definition) is 6. The molecule has 0 N–H and O–H groups in total. The largest absolute Gasteiger partial charge is 0.468 e. The van der Waals surface area contributed by atoms with E-state index in [4.69, 9.17) is 13.9 Å². The molecule has 1 heterocycles. The van der Waals surface area contributed by atoms with Gasteiger partial charge in [-0.3, -0.25) is 9.59 Å². The molecule has 150 valence electrons. The molecular weight excluding hydrogens is 354 g/mol. The SMILES string of the molecule is COC(=O)C1CC(O[Si](C)(C)C(C)(C)C)CN(C(=O)OC(C)(C)C)C1=O. The fourth-order valence-corrected chi connectivity index (χ4v) is 3.78. The van der Waals surface area contributed by atoms with E-state index in [0.717, 1.165) is 4.90 Å². The summed E-state index contributed by atoms with van der Waals surface area (Å²) in [6, 6.07) is 0. The Morgan fingerprint density at radius 1 is 1.12 bits per heavy atom. The van der Waals surface area contributed by atoms with E-state index in [9.17, 15) is 14.4 Å². The van der Waals surface area contributed by atoms with Crippen LogP contribution in [0.4, 0.5) is 4.79 Å². The van der Waals surface area contributed by atoms with E-state index >= 15 is 0 Å². The lowest BCUT2D eigenvalue weighted by atomic mass is 9.95. The van der Waals surface area contributed by atoms with Gasteiger partial charge in [0.25, 0.3) is 0 Å². The molecule has 0 aromatic carbocycles. The summed E-state index contributed by atoms with van der Waals surface area (Å²) >= 11 is 0. The molecule has 1 aliphatic rings. The van der Waals surface area contributed by atoms with Crippen LogP contribution in [0.25, 0.3) is 0 Å². The molecule has 0 radical (unpaired) electrons. The minimum Gasteiger partial charge on any atom is -0.468 e.